The van der Waals surface area contributed by atoms with Gasteiger partial charge in [0, 0.05) is 39.8 Å². The predicted octanol–water partition coefficient (Wildman–Crippen LogP) is 1.88. The number of aryl methyl sites for hydroxylation is 1. The second kappa shape index (κ2) is 8.65. The Morgan fingerprint density at radius 2 is 2.08 bits per heavy atom. The van der Waals surface area contributed by atoms with Gasteiger partial charge in [-0.1, -0.05) is 12.8 Å². The third-order valence-electron chi connectivity index (χ3n) is 5.54. The number of nitrogens with zero attached hydrogens (tertiary/aromatic N) is 4. The van der Waals surface area contributed by atoms with Gasteiger partial charge in [0.25, 0.3) is 0 Å². The molecule has 0 aromatic carbocycles. The molecule has 25 heavy (non-hydrogen) atoms. The molecule has 7 heteroatoms. The van der Waals surface area contributed by atoms with Gasteiger partial charge in [-0.3, -0.25) is 0 Å². The molecule has 1 saturated carbocycles. The summed E-state index contributed by atoms with van der Waals surface area (Å²) in [5.74, 6) is 2.95. The standard InChI is InChI=1S/C18H32N6O/c1-3-19-17(20-13-16-23-22-15-7-6-11-24(15)16)21-14-18(10-12-25-2)8-4-5-9-18/h3-14H2,1-2H3,(H2,19,20,21). The molecule has 0 amide bonds. The Labute approximate surface area is 150 Å². The van der Waals surface area contributed by atoms with Gasteiger partial charge in [-0.25, -0.2) is 4.99 Å². The number of rotatable bonds is 8. The summed E-state index contributed by atoms with van der Waals surface area (Å²) in [5.41, 5.74) is 0.350. The molecule has 140 valence electrons. The van der Waals surface area contributed by atoms with E-state index in [-0.39, 0.29) is 0 Å². The zero-order chi connectivity index (χ0) is 17.5. The maximum atomic E-state index is 5.33. The van der Waals surface area contributed by atoms with Crippen molar-refractivity contribution in [2.75, 3.05) is 26.8 Å². The van der Waals surface area contributed by atoms with E-state index < -0.39 is 0 Å². The van der Waals surface area contributed by atoms with Crippen LogP contribution in [-0.4, -0.2) is 47.5 Å². The SMILES string of the molecule is CCNC(=NCc1nnc2n1CCC2)NCC1(CCOC)CCCC1. The lowest BCUT2D eigenvalue weighted by atomic mass is 9.83. The number of nitrogens with one attached hydrogen (secondary N) is 2. The third kappa shape index (κ3) is 4.51. The molecule has 2 aliphatic rings. The number of hydrogen-bond acceptors (Lipinski definition) is 4. The van der Waals surface area contributed by atoms with Gasteiger partial charge in [-0.2, -0.15) is 0 Å². The Morgan fingerprint density at radius 1 is 1.24 bits per heavy atom. The fraction of sp³-hybridized carbons (Fsp3) is 0.833. The van der Waals surface area contributed by atoms with E-state index in [1.165, 1.54) is 32.1 Å². The summed E-state index contributed by atoms with van der Waals surface area (Å²) in [4.78, 5) is 4.75. The molecule has 1 aliphatic heterocycles. The molecular weight excluding hydrogens is 316 g/mol. The summed E-state index contributed by atoms with van der Waals surface area (Å²) < 4.78 is 7.54. The molecular formula is C18H32N6O. The topological polar surface area (TPSA) is 76.4 Å². The summed E-state index contributed by atoms with van der Waals surface area (Å²) in [5, 5.41) is 15.5. The van der Waals surface area contributed by atoms with Crippen LogP contribution >= 0.6 is 0 Å². The first-order valence-corrected chi connectivity index (χ1v) is 9.68. The normalized spacial score (nSPS) is 19.2. The molecule has 0 spiro atoms. The first-order chi connectivity index (χ1) is 12.3. The van der Waals surface area contributed by atoms with E-state index in [1.807, 2.05) is 0 Å². The Bertz CT molecular complexity index is 576. The molecule has 1 aromatic heterocycles. The Balaban J connectivity index is 1.60. The Morgan fingerprint density at radius 3 is 2.84 bits per heavy atom. The van der Waals surface area contributed by atoms with Gasteiger partial charge in [0.1, 0.15) is 12.4 Å². The summed E-state index contributed by atoms with van der Waals surface area (Å²) in [6, 6.07) is 0. The highest BCUT2D eigenvalue weighted by Crippen LogP contribution is 2.40. The first kappa shape index (κ1) is 18.2. The molecule has 7 nitrogen and oxygen atoms in total. The van der Waals surface area contributed by atoms with E-state index in [0.717, 1.165) is 56.7 Å². The van der Waals surface area contributed by atoms with Crippen molar-refractivity contribution in [3.05, 3.63) is 11.6 Å². The van der Waals surface area contributed by atoms with Crippen LogP contribution in [0.2, 0.25) is 0 Å². The molecule has 0 radical (unpaired) electrons. The molecule has 1 fully saturated rings. The number of ether oxygens (including phenoxy) is 1. The van der Waals surface area contributed by atoms with Crippen molar-refractivity contribution in [2.24, 2.45) is 10.4 Å². The summed E-state index contributed by atoms with van der Waals surface area (Å²) in [6.45, 7) is 6.35. The Hall–Kier alpha value is -1.63. The van der Waals surface area contributed by atoms with Gasteiger partial charge in [-0.15, -0.1) is 10.2 Å². The van der Waals surface area contributed by atoms with Gasteiger partial charge in [0.2, 0.25) is 0 Å². The molecule has 3 rings (SSSR count). The van der Waals surface area contributed by atoms with Crippen LogP contribution in [0.15, 0.2) is 4.99 Å². The van der Waals surface area contributed by atoms with Crippen molar-refractivity contribution < 1.29 is 4.74 Å². The van der Waals surface area contributed by atoms with E-state index in [0.29, 0.717) is 12.0 Å². The molecule has 2 N–H and O–H groups in total. The number of aromatic nitrogens is 3. The number of hydrogen-bond donors (Lipinski definition) is 2. The van der Waals surface area contributed by atoms with Crippen molar-refractivity contribution in [2.45, 2.75) is 65.0 Å². The van der Waals surface area contributed by atoms with Crippen molar-refractivity contribution in [3.63, 3.8) is 0 Å². The average Bonchev–Trinajstić information content (AvgIpc) is 3.33. The van der Waals surface area contributed by atoms with E-state index in [2.05, 4.69) is 32.3 Å². The quantitative estimate of drug-likeness (QED) is 0.554. The van der Waals surface area contributed by atoms with Gasteiger partial charge in [-0.05, 0) is 38.0 Å². The van der Waals surface area contributed by atoms with Crippen molar-refractivity contribution in [1.82, 2.24) is 25.4 Å². The minimum Gasteiger partial charge on any atom is -0.385 e. The van der Waals surface area contributed by atoms with Crippen LogP contribution in [0.4, 0.5) is 0 Å². The average molecular weight is 348 g/mol. The monoisotopic (exact) mass is 348 g/mol. The zero-order valence-electron chi connectivity index (χ0n) is 15.7. The lowest BCUT2D eigenvalue weighted by Crippen LogP contribution is -2.43. The second-order valence-electron chi connectivity index (χ2n) is 7.29. The van der Waals surface area contributed by atoms with Gasteiger partial charge < -0.3 is 19.9 Å². The molecule has 0 bridgehead atoms. The molecule has 1 aromatic rings. The minimum absolute atomic E-state index is 0.350. The number of methoxy groups -OCH3 is 1. The van der Waals surface area contributed by atoms with E-state index in [4.69, 9.17) is 9.73 Å². The van der Waals surface area contributed by atoms with E-state index in [9.17, 15) is 0 Å². The summed E-state index contributed by atoms with van der Waals surface area (Å²) in [6.07, 6.45) is 8.53. The van der Waals surface area contributed by atoms with E-state index >= 15 is 0 Å². The maximum absolute atomic E-state index is 5.33. The highest BCUT2D eigenvalue weighted by atomic mass is 16.5. The van der Waals surface area contributed by atoms with Crippen molar-refractivity contribution in [3.8, 4) is 0 Å². The minimum atomic E-state index is 0.350. The lowest BCUT2D eigenvalue weighted by molar-refractivity contribution is 0.138. The highest BCUT2D eigenvalue weighted by molar-refractivity contribution is 5.79. The smallest absolute Gasteiger partial charge is 0.191 e. The fourth-order valence-corrected chi connectivity index (χ4v) is 4.05. The van der Waals surface area contributed by atoms with Gasteiger partial charge in [0.05, 0.1) is 0 Å². The molecule has 0 saturated heterocycles. The van der Waals surface area contributed by atoms with Crippen LogP contribution < -0.4 is 10.6 Å². The first-order valence-electron chi connectivity index (χ1n) is 9.68. The molecule has 1 aliphatic carbocycles. The molecule has 0 unspecified atom stereocenters. The van der Waals surface area contributed by atoms with Crippen LogP contribution in [0, 0.1) is 5.41 Å². The van der Waals surface area contributed by atoms with Crippen LogP contribution in [0.1, 0.15) is 57.1 Å². The lowest BCUT2D eigenvalue weighted by Gasteiger charge is -2.30. The van der Waals surface area contributed by atoms with Crippen molar-refractivity contribution in [1.29, 1.82) is 0 Å². The Kier molecular flexibility index (Phi) is 6.29. The number of aliphatic imine (C=N–C) groups is 1. The van der Waals surface area contributed by atoms with Crippen molar-refractivity contribution >= 4 is 5.96 Å². The molecule has 2 heterocycles. The molecule has 0 atom stereocenters. The van der Waals surface area contributed by atoms with Gasteiger partial charge in [0.15, 0.2) is 11.8 Å². The third-order valence-corrected chi connectivity index (χ3v) is 5.54. The summed E-state index contributed by atoms with van der Waals surface area (Å²) in [7, 11) is 1.79. The fourth-order valence-electron chi connectivity index (χ4n) is 4.05. The second-order valence-corrected chi connectivity index (χ2v) is 7.29. The maximum Gasteiger partial charge on any atom is 0.191 e. The largest absolute Gasteiger partial charge is 0.385 e. The number of guanidine groups is 1. The number of fused-ring (bicyclic) bond motifs is 1. The predicted molar refractivity (Wildman–Crippen MR) is 98.6 cm³/mol. The summed E-state index contributed by atoms with van der Waals surface area (Å²) >= 11 is 0. The van der Waals surface area contributed by atoms with E-state index in [1.54, 1.807) is 7.11 Å². The highest BCUT2D eigenvalue weighted by Gasteiger charge is 2.33. The zero-order valence-corrected chi connectivity index (χ0v) is 15.7. The van der Waals surface area contributed by atoms with Crippen LogP contribution in [-0.2, 0) is 24.2 Å². The van der Waals surface area contributed by atoms with Crippen LogP contribution in [0.25, 0.3) is 0 Å². The van der Waals surface area contributed by atoms with Crippen LogP contribution in [0.5, 0.6) is 0 Å². The van der Waals surface area contributed by atoms with Crippen LogP contribution in [0.3, 0.4) is 0 Å². The van der Waals surface area contributed by atoms with Gasteiger partial charge >= 0.3 is 0 Å².